The van der Waals surface area contributed by atoms with Crippen molar-refractivity contribution in [1.29, 1.82) is 0 Å². The van der Waals surface area contributed by atoms with Crippen molar-refractivity contribution in [3.63, 3.8) is 0 Å². The maximum atomic E-state index is 12.5. The van der Waals surface area contributed by atoms with Gasteiger partial charge in [-0.2, -0.15) is 0 Å². The molecule has 1 aliphatic rings. The van der Waals surface area contributed by atoms with E-state index in [1.807, 2.05) is 6.92 Å². The number of aliphatic carboxylic acids is 1. The number of carbonyl (C=O) groups is 2. The van der Waals surface area contributed by atoms with Crippen molar-refractivity contribution in [3.05, 3.63) is 0 Å². The van der Waals surface area contributed by atoms with E-state index in [1.165, 1.54) is 12.8 Å². The van der Waals surface area contributed by atoms with Gasteiger partial charge in [-0.1, -0.05) is 27.7 Å². The average molecular weight is 389 g/mol. The minimum Gasteiger partial charge on any atom is -0.481 e. The Bertz CT molecular complexity index is 548. The number of hydrogen-bond donors (Lipinski definition) is 3. The summed E-state index contributed by atoms with van der Waals surface area (Å²) in [6.45, 7) is 8.89. The summed E-state index contributed by atoms with van der Waals surface area (Å²) in [7, 11) is -3.56. The fourth-order valence-corrected chi connectivity index (χ4v) is 6.54. The zero-order valence-corrected chi connectivity index (χ0v) is 17.5. The lowest BCUT2D eigenvalue weighted by molar-refractivity contribution is -0.141. The molecule has 0 aromatic rings. The third-order valence-electron chi connectivity index (χ3n) is 6.47. The Kier molecular flexibility index (Phi) is 8.34. The topological polar surface area (TPSA) is 118 Å². The van der Waals surface area contributed by atoms with E-state index in [0.717, 1.165) is 12.8 Å². The van der Waals surface area contributed by atoms with Crippen LogP contribution in [0.4, 0.5) is 0 Å². The van der Waals surface area contributed by atoms with Crippen LogP contribution < -0.4 is 5.73 Å². The molecule has 0 aromatic heterocycles. The fourth-order valence-electron chi connectivity index (χ4n) is 4.21. The van der Waals surface area contributed by atoms with Gasteiger partial charge in [0.15, 0.2) is 0 Å². The van der Waals surface area contributed by atoms with Gasteiger partial charge in [0.2, 0.25) is 13.3 Å². The van der Waals surface area contributed by atoms with E-state index in [-0.39, 0.29) is 31.1 Å². The largest absolute Gasteiger partial charge is 0.481 e. The first-order valence-corrected chi connectivity index (χ1v) is 11.7. The Labute approximate surface area is 157 Å². The van der Waals surface area contributed by atoms with Crippen LogP contribution in [0.25, 0.3) is 0 Å². The van der Waals surface area contributed by atoms with E-state index in [1.54, 1.807) is 0 Å². The van der Waals surface area contributed by atoms with Crippen molar-refractivity contribution in [1.82, 2.24) is 0 Å². The van der Waals surface area contributed by atoms with E-state index in [2.05, 4.69) is 20.8 Å². The molecule has 6 nitrogen and oxygen atoms in total. The summed E-state index contributed by atoms with van der Waals surface area (Å²) >= 11 is 0. The van der Waals surface area contributed by atoms with E-state index in [4.69, 9.17) is 5.73 Å². The molecule has 1 aliphatic carbocycles. The van der Waals surface area contributed by atoms with Crippen LogP contribution in [0.5, 0.6) is 0 Å². The number of amides is 1. The highest BCUT2D eigenvalue weighted by Gasteiger charge is 2.40. The Hall–Kier alpha value is -0.870. The number of carboxylic acids is 1. The highest BCUT2D eigenvalue weighted by molar-refractivity contribution is 7.58. The van der Waals surface area contributed by atoms with Gasteiger partial charge in [0.1, 0.15) is 0 Å². The molecule has 1 amide bonds. The molecule has 152 valence electrons. The summed E-state index contributed by atoms with van der Waals surface area (Å²) in [4.78, 5) is 32.4. The maximum Gasteiger partial charge on any atom is 0.307 e. The molecular formula is C19H36NO5P. The molecule has 4 N–H and O–H groups in total. The van der Waals surface area contributed by atoms with Gasteiger partial charge in [-0.05, 0) is 55.3 Å². The summed E-state index contributed by atoms with van der Waals surface area (Å²) in [5.74, 6) is -1.32. The van der Waals surface area contributed by atoms with Crippen LogP contribution >= 0.6 is 7.37 Å². The predicted octanol–water partition coefficient (Wildman–Crippen LogP) is 3.71. The molecule has 0 aromatic carbocycles. The zero-order valence-electron chi connectivity index (χ0n) is 16.6. The number of carbonyl (C=O) groups excluding carboxylic acids is 1. The number of hydrogen-bond acceptors (Lipinski definition) is 3. The van der Waals surface area contributed by atoms with Crippen LogP contribution in [0, 0.1) is 29.1 Å². The second kappa shape index (κ2) is 9.36. The highest BCUT2D eigenvalue weighted by Crippen LogP contribution is 2.50. The fraction of sp³-hybridized carbons (Fsp3) is 0.895. The lowest BCUT2D eigenvalue weighted by Crippen LogP contribution is -2.24. The Morgan fingerprint density at radius 1 is 1.23 bits per heavy atom. The Morgan fingerprint density at radius 3 is 2.31 bits per heavy atom. The summed E-state index contributed by atoms with van der Waals surface area (Å²) in [5.41, 5.74) is 5.36. The molecule has 26 heavy (non-hydrogen) atoms. The Balaban J connectivity index is 2.52. The van der Waals surface area contributed by atoms with Gasteiger partial charge in [-0.15, -0.1) is 0 Å². The van der Waals surface area contributed by atoms with Crippen LogP contribution in [0.15, 0.2) is 0 Å². The molecule has 0 aliphatic heterocycles. The van der Waals surface area contributed by atoms with Gasteiger partial charge in [-0.3, -0.25) is 14.2 Å². The number of primary amides is 1. The summed E-state index contributed by atoms with van der Waals surface area (Å²) in [6.07, 6.45) is 4.16. The van der Waals surface area contributed by atoms with E-state index in [9.17, 15) is 24.2 Å². The predicted molar refractivity (Wildman–Crippen MR) is 103 cm³/mol. The van der Waals surface area contributed by atoms with Crippen molar-refractivity contribution in [2.75, 3.05) is 12.3 Å². The zero-order chi connectivity index (χ0) is 20.1. The van der Waals surface area contributed by atoms with Crippen LogP contribution in [-0.4, -0.2) is 34.2 Å². The lowest BCUT2D eigenvalue weighted by Gasteiger charge is -2.32. The van der Waals surface area contributed by atoms with Gasteiger partial charge >= 0.3 is 5.97 Å². The molecule has 0 saturated heterocycles. The molecule has 7 heteroatoms. The van der Waals surface area contributed by atoms with Crippen molar-refractivity contribution in [2.45, 2.75) is 66.2 Å². The summed E-state index contributed by atoms with van der Waals surface area (Å²) < 4.78 is 12.5. The summed E-state index contributed by atoms with van der Waals surface area (Å²) in [5, 5.41) is 9.23. The number of nitrogens with two attached hydrogens (primary N) is 1. The first-order chi connectivity index (χ1) is 11.8. The molecule has 0 heterocycles. The molecule has 1 saturated carbocycles. The van der Waals surface area contributed by atoms with Gasteiger partial charge in [-0.25, -0.2) is 0 Å². The number of rotatable bonds is 11. The number of carboxylic acid groups (broad SMARTS) is 1. The normalized spacial score (nSPS) is 26.8. The molecule has 0 bridgehead atoms. The van der Waals surface area contributed by atoms with Crippen LogP contribution in [0.2, 0.25) is 0 Å². The first kappa shape index (κ1) is 23.2. The van der Waals surface area contributed by atoms with Gasteiger partial charge in [0.25, 0.3) is 0 Å². The molecule has 0 radical (unpaired) electrons. The highest BCUT2D eigenvalue weighted by atomic mass is 31.2. The Morgan fingerprint density at radius 2 is 1.85 bits per heavy atom. The third-order valence-corrected chi connectivity index (χ3v) is 8.67. The molecule has 5 atom stereocenters. The van der Waals surface area contributed by atoms with Crippen LogP contribution in [-0.2, 0) is 14.2 Å². The van der Waals surface area contributed by atoms with Crippen molar-refractivity contribution in [2.24, 2.45) is 34.8 Å². The van der Waals surface area contributed by atoms with E-state index in [0.29, 0.717) is 17.3 Å². The van der Waals surface area contributed by atoms with E-state index >= 15 is 0 Å². The minimum atomic E-state index is -3.56. The van der Waals surface area contributed by atoms with Crippen molar-refractivity contribution >= 4 is 19.2 Å². The van der Waals surface area contributed by atoms with Gasteiger partial charge in [0.05, 0.1) is 5.92 Å². The first-order valence-electron chi connectivity index (χ1n) is 9.67. The quantitative estimate of drug-likeness (QED) is 0.466. The van der Waals surface area contributed by atoms with Gasteiger partial charge in [0, 0.05) is 18.7 Å². The summed E-state index contributed by atoms with van der Waals surface area (Å²) in [6, 6.07) is 0. The molecule has 1 fully saturated rings. The molecule has 0 spiro atoms. The van der Waals surface area contributed by atoms with Crippen molar-refractivity contribution < 1.29 is 24.2 Å². The average Bonchev–Trinajstić information content (AvgIpc) is 2.74. The molecule has 5 unspecified atom stereocenters. The van der Waals surface area contributed by atoms with Crippen LogP contribution in [0.1, 0.15) is 66.2 Å². The maximum absolute atomic E-state index is 12.5. The van der Waals surface area contributed by atoms with E-state index < -0.39 is 25.2 Å². The van der Waals surface area contributed by atoms with Crippen molar-refractivity contribution in [3.8, 4) is 0 Å². The lowest BCUT2D eigenvalue weighted by atomic mass is 9.74. The third kappa shape index (κ3) is 7.03. The smallest absolute Gasteiger partial charge is 0.307 e. The monoisotopic (exact) mass is 389 g/mol. The van der Waals surface area contributed by atoms with Crippen LogP contribution in [0.3, 0.4) is 0 Å². The minimum absolute atomic E-state index is 0.0117. The molecule has 1 rings (SSSR count). The standard InChI is InChI=1S/C19H36NO5P/c1-13(5-8-16-9-6-14(2)19(16,3)4)11-26(24,25)12-15(18(22)23)7-10-17(20)21/h13-16H,5-12H2,1-4H3,(H2,20,21)(H,22,23)(H,24,25). The SMILES string of the molecule is CC(CCC1CCC(C)C1(C)C)CP(=O)(O)CC(CCC(N)=O)C(=O)O. The second-order valence-electron chi connectivity index (χ2n) is 8.93. The molecular weight excluding hydrogens is 353 g/mol. The second-order valence-corrected chi connectivity index (χ2v) is 11.4. The van der Waals surface area contributed by atoms with Gasteiger partial charge < -0.3 is 15.7 Å².